The van der Waals surface area contributed by atoms with Crippen molar-refractivity contribution >= 4 is 11.8 Å². The zero-order valence-corrected chi connectivity index (χ0v) is 20.9. The molecule has 0 radical (unpaired) electrons. The summed E-state index contributed by atoms with van der Waals surface area (Å²) >= 11 is 0. The van der Waals surface area contributed by atoms with Gasteiger partial charge in [0, 0.05) is 32.2 Å². The minimum Gasteiger partial charge on any atom is -0.373 e. The molecule has 1 saturated carbocycles. The van der Waals surface area contributed by atoms with Crippen molar-refractivity contribution in [3.63, 3.8) is 0 Å². The second-order valence-corrected chi connectivity index (χ2v) is 10.8. The fourth-order valence-electron chi connectivity index (χ4n) is 6.25. The minimum atomic E-state index is -0.493. The Morgan fingerprint density at radius 3 is 2.31 bits per heavy atom. The van der Waals surface area contributed by atoms with E-state index in [1.54, 1.807) is 19.0 Å². The zero-order valence-electron chi connectivity index (χ0n) is 20.9. The van der Waals surface area contributed by atoms with Crippen molar-refractivity contribution < 1.29 is 14.3 Å². The van der Waals surface area contributed by atoms with E-state index in [9.17, 15) is 9.59 Å². The molecule has 186 valence electrons. The van der Waals surface area contributed by atoms with Crippen LogP contribution in [-0.4, -0.2) is 66.5 Å². The summed E-state index contributed by atoms with van der Waals surface area (Å²) in [6.45, 7) is 1.01. The van der Waals surface area contributed by atoms with Crippen LogP contribution in [0.15, 0.2) is 60.7 Å². The third-order valence-corrected chi connectivity index (χ3v) is 8.27. The summed E-state index contributed by atoms with van der Waals surface area (Å²) in [5, 5.41) is 3.39. The number of benzene rings is 2. The summed E-state index contributed by atoms with van der Waals surface area (Å²) in [6, 6.07) is 21.1. The maximum Gasteiger partial charge on any atom is 0.236 e. The lowest BCUT2D eigenvalue weighted by molar-refractivity contribution is -0.137. The van der Waals surface area contributed by atoms with Crippen LogP contribution in [0, 0.1) is 5.41 Å². The molecule has 2 bridgehead atoms. The molecule has 2 aliphatic heterocycles. The molecule has 3 atom stereocenters. The average molecular weight is 476 g/mol. The van der Waals surface area contributed by atoms with E-state index < -0.39 is 5.41 Å². The Bertz CT molecular complexity index is 1020. The number of nitrogens with zero attached hydrogens (tertiary/aromatic N) is 2. The van der Waals surface area contributed by atoms with Crippen molar-refractivity contribution in [3.05, 3.63) is 71.8 Å². The molecule has 0 aromatic heterocycles. The first-order chi connectivity index (χ1) is 16.9. The molecule has 5 rings (SSSR count). The van der Waals surface area contributed by atoms with Gasteiger partial charge in [-0.1, -0.05) is 60.7 Å². The lowest BCUT2D eigenvalue weighted by atomic mass is 9.69. The molecule has 0 unspecified atom stereocenters. The molecule has 2 amide bonds. The van der Waals surface area contributed by atoms with Gasteiger partial charge in [-0.25, -0.2) is 0 Å². The van der Waals surface area contributed by atoms with Gasteiger partial charge in [0.05, 0.1) is 24.7 Å². The highest BCUT2D eigenvalue weighted by Gasteiger charge is 2.60. The molecular formula is C29H37N3O3. The first-order valence-electron chi connectivity index (χ1n) is 12.9. The molecule has 1 N–H and O–H groups in total. The monoisotopic (exact) mass is 475 g/mol. The average Bonchev–Trinajstić information content (AvgIpc) is 3.36. The molecule has 1 aliphatic carbocycles. The van der Waals surface area contributed by atoms with E-state index in [0.717, 1.165) is 32.1 Å². The van der Waals surface area contributed by atoms with Crippen LogP contribution in [0.25, 0.3) is 0 Å². The number of amides is 2. The first kappa shape index (κ1) is 24.0. The second-order valence-electron chi connectivity index (χ2n) is 10.8. The highest BCUT2D eigenvalue weighted by Crippen LogP contribution is 2.52. The van der Waals surface area contributed by atoms with Crippen LogP contribution in [0.1, 0.15) is 43.2 Å². The van der Waals surface area contributed by atoms with Crippen LogP contribution < -0.4 is 5.32 Å². The second kappa shape index (κ2) is 10.1. The molecule has 6 heteroatoms. The largest absolute Gasteiger partial charge is 0.373 e. The van der Waals surface area contributed by atoms with Gasteiger partial charge < -0.3 is 15.0 Å². The first-order valence-corrected chi connectivity index (χ1v) is 12.9. The Morgan fingerprint density at radius 1 is 1.00 bits per heavy atom. The topological polar surface area (TPSA) is 61.9 Å². The Labute approximate surface area is 208 Å². The lowest BCUT2D eigenvalue weighted by Gasteiger charge is -2.41. The summed E-state index contributed by atoms with van der Waals surface area (Å²) in [5.74, 6) is 0.262. The van der Waals surface area contributed by atoms with Crippen LogP contribution in [-0.2, 0) is 27.4 Å². The Morgan fingerprint density at radius 2 is 1.66 bits per heavy atom. The summed E-state index contributed by atoms with van der Waals surface area (Å²) in [5.41, 5.74) is 1.87. The molecule has 3 fully saturated rings. The van der Waals surface area contributed by atoms with Gasteiger partial charge in [0.25, 0.3) is 0 Å². The van der Waals surface area contributed by atoms with E-state index in [1.807, 2.05) is 36.4 Å². The highest BCUT2D eigenvalue weighted by atomic mass is 16.5. The molecule has 2 aromatic carbocycles. The predicted molar refractivity (Wildman–Crippen MR) is 136 cm³/mol. The summed E-state index contributed by atoms with van der Waals surface area (Å²) in [6.07, 6.45) is 5.48. The number of fused-ring (bicyclic) bond motifs is 2. The molecule has 35 heavy (non-hydrogen) atoms. The van der Waals surface area contributed by atoms with Crippen molar-refractivity contribution in [3.8, 4) is 0 Å². The van der Waals surface area contributed by atoms with Gasteiger partial charge >= 0.3 is 0 Å². The smallest absolute Gasteiger partial charge is 0.236 e. The zero-order chi connectivity index (χ0) is 24.4. The van der Waals surface area contributed by atoms with Crippen molar-refractivity contribution in [2.24, 2.45) is 5.41 Å². The van der Waals surface area contributed by atoms with Crippen LogP contribution in [0.5, 0.6) is 0 Å². The number of carbonyl (C=O) groups excluding carboxylic acids is 2. The van der Waals surface area contributed by atoms with Gasteiger partial charge in [0.2, 0.25) is 11.8 Å². The molecule has 3 aliphatic rings. The van der Waals surface area contributed by atoms with Gasteiger partial charge in [-0.2, -0.15) is 0 Å². The number of rotatable bonds is 9. The van der Waals surface area contributed by atoms with E-state index in [1.165, 1.54) is 11.1 Å². The standard InChI is InChI=1S/C29H37N3O3/c1-31(2)27(33)19-32-24-13-14-26(32)29(18-24,17-21-9-5-3-6-10-21)28(34)30-23-15-25(16-23)35-20-22-11-7-4-8-12-22/h3-12,23-26H,13-20H2,1-2H3,(H,30,34)/t23?,24-,25?,26+,29+/m1/s1. The van der Waals surface area contributed by atoms with Gasteiger partial charge in [-0.15, -0.1) is 0 Å². The Balaban J connectivity index is 1.25. The third-order valence-electron chi connectivity index (χ3n) is 8.27. The Kier molecular flexibility index (Phi) is 6.94. The fourth-order valence-corrected chi connectivity index (χ4v) is 6.25. The molecule has 0 spiro atoms. The SMILES string of the molecule is CN(C)C(=O)CN1[C@@H]2CC[C@H]1[C@@](Cc1ccccc1)(C(=O)NC1CC(OCc3ccccc3)C1)C2. The minimum absolute atomic E-state index is 0.0989. The van der Waals surface area contributed by atoms with Crippen molar-refractivity contribution in [2.45, 2.75) is 69.4 Å². The number of ether oxygens (including phenoxy) is 1. The fraction of sp³-hybridized carbons (Fsp3) is 0.517. The van der Waals surface area contributed by atoms with Gasteiger partial charge in [-0.05, 0) is 49.7 Å². The maximum atomic E-state index is 13.9. The Hall–Kier alpha value is -2.70. The van der Waals surface area contributed by atoms with E-state index >= 15 is 0 Å². The quantitative estimate of drug-likeness (QED) is 0.604. The van der Waals surface area contributed by atoms with Gasteiger partial charge in [0.15, 0.2) is 0 Å². The van der Waals surface area contributed by atoms with Crippen molar-refractivity contribution in [1.29, 1.82) is 0 Å². The summed E-state index contributed by atoms with van der Waals surface area (Å²) in [4.78, 5) is 30.5. The summed E-state index contributed by atoms with van der Waals surface area (Å²) in [7, 11) is 3.61. The normalized spacial score (nSPS) is 29.5. The molecule has 6 nitrogen and oxygen atoms in total. The molecule has 2 saturated heterocycles. The number of carbonyl (C=O) groups is 2. The number of hydrogen-bond acceptors (Lipinski definition) is 4. The maximum absolute atomic E-state index is 13.9. The van der Waals surface area contributed by atoms with Gasteiger partial charge in [-0.3, -0.25) is 14.5 Å². The lowest BCUT2D eigenvalue weighted by Crippen LogP contribution is -2.56. The van der Waals surface area contributed by atoms with Crippen LogP contribution >= 0.6 is 0 Å². The van der Waals surface area contributed by atoms with Gasteiger partial charge in [0.1, 0.15) is 0 Å². The third kappa shape index (κ3) is 5.00. The van der Waals surface area contributed by atoms with Crippen LogP contribution in [0.2, 0.25) is 0 Å². The molecule has 2 aromatic rings. The van der Waals surface area contributed by atoms with E-state index in [-0.39, 0.29) is 30.0 Å². The predicted octanol–water partition coefficient (Wildman–Crippen LogP) is 3.40. The molecular weight excluding hydrogens is 438 g/mol. The number of hydrogen-bond donors (Lipinski definition) is 1. The van der Waals surface area contributed by atoms with Crippen LogP contribution in [0.3, 0.4) is 0 Å². The summed E-state index contributed by atoms with van der Waals surface area (Å²) < 4.78 is 6.05. The number of likely N-dealkylation sites (N-methyl/N-ethyl adjacent to an activating group) is 1. The number of nitrogens with one attached hydrogen (secondary N) is 1. The van der Waals surface area contributed by atoms with Crippen molar-refractivity contribution in [1.82, 2.24) is 15.1 Å². The molecule has 2 heterocycles. The van der Waals surface area contributed by atoms with Crippen LogP contribution in [0.4, 0.5) is 0 Å². The van der Waals surface area contributed by atoms with E-state index in [2.05, 4.69) is 34.5 Å². The highest BCUT2D eigenvalue weighted by molar-refractivity contribution is 5.85. The van der Waals surface area contributed by atoms with Crippen molar-refractivity contribution in [2.75, 3.05) is 20.6 Å². The van der Waals surface area contributed by atoms with E-state index in [4.69, 9.17) is 4.74 Å². The van der Waals surface area contributed by atoms with E-state index in [0.29, 0.717) is 25.6 Å².